The molecule has 0 bridgehead atoms. The molecule has 0 aliphatic carbocycles. The second-order valence-corrected chi connectivity index (χ2v) is 5.25. The largest absolute Gasteiger partial charge is 0.377 e. The summed E-state index contributed by atoms with van der Waals surface area (Å²) in [6.07, 6.45) is 3.15. The van der Waals surface area contributed by atoms with Crippen molar-refractivity contribution in [2.75, 3.05) is 33.3 Å². The van der Waals surface area contributed by atoms with Crippen LogP contribution in [0.4, 0.5) is 0 Å². The van der Waals surface area contributed by atoms with E-state index in [1.165, 1.54) is 0 Å². The van der Waals surface area contributed by atoms with E-state index >= 15 is 0 Å². The van der Waals surface area contributed by atoms with Gasteiger partial charge in [-0.25, -0.2) is 0 Å². The molecule has 3 N–H and O–H groups in total. The van der Waals surface area contributed by atoms with E-state index < -0.39 is 5.54 Å². The first-order valence-corrected chi connectivity index (χ1v) is 6.84. The van der Waals surface area contributed by atoms with Crippen molar-refractivity contribution < 1.29 is 9.53 Å². The molecule has 0 saturated carbocycles. The van der Waals surface area contributed by atoms with Crippen molar-refractivity contribution in [3.8, 4) is 0 Å². The van der Waals surface area contributed by atoms with Crippen molar-refractivity contribution in [3.63, 3.8) is 0 Å². The lowest BCUT2D eigenvalue weighted by atomic mass is 9.97. The SMILES string of the molecule is CCC1CN(CCC(C)(NC)C(N)=O)CCCO1. The predicted molar refractivity (Wildman–Crippen MR) is 72.4 cm³/mol. The fourth-order valence-corrected chi connectivity index (χ4v) is 2.17. The van der Waals surface area contributed by atoms with Crippen LogP contribution in [0.2, 0.25) is 0 Å². The van der Waals surface area contributed by atoms with Crippen molar-refractivity contribution in [1.29, 1.82) is 0 Å². The van der Waals surface area contributed by atoms with Gasteiger partial charge in [-0.3, -0.25) is 4.79 Å². The van der Waals surface area contributed by atoms with Crippen molar-refractivity contribution in [1.82, 2.24) is 10.2 Å². The minimum absolute atomic E-state index is 0.289. The minimum Gasteiger partial charge on any atom is -0.377 e. The van der Waals surface area contributed by atoms with E-state index in [0.717, 1.165) is 45.5 Å². The van der Waals surface area contributed by atoms with Gasteiger partial charge in [0.15, 0.2) is 0 Å². The number of amides is 1. The zero-order valence-electron chi connectivity index (χ0n) is 11.9. The molecule has 1 aliphatic rings. The minimum atomic E-state index is -0.616. The van der Waals surface area contributed by atoms with Crippen LogP contribution < -0.4 is 11.1 Å². The molecule has 0 aromatic heterocycles. The molecule has 5 nitrogen and oxygen atoms in total. The van der Waals surface area contributed by atoms with E-state index in [0.29, 0.717) is 6.10 Å². The molecule has 1 fully saturated rings. The van der Waals surface area contributed by atoms with Crippen LogP contribution in [-0.2, 0) is 9.53 Å². The van der Waals surface area contributed by atoms with E-state index in [2.05, 4.69) is 17.1 Å². The zero-order chi connectivity index (χ0) is 13.6. The molecule has 0 aromatic carbocycles. The molecule has 0 spiro atoms. The first-order valence-electron chi connectivity index (χ1n) is 6.84. The summed E-state index contributed by atoms with van der Waals surface area (Å²) >= 11 is 0. The lowest BCUT2D eigenvalue weighted by Gasteiger charge is -2.30. The third-order valence-electron chi connectivity index (χ3n) is 3.91. The smallest absolute Gasteiger partial charge is 0.237 e. The fourth-order valence-electron chi connectivity index (χ4n) is 2.17. The van der Waals surface area contributed by atoms with Gasteiger partial charge in [-0.2, -0.15) is 0 Å². The maximum absolute atomic E-state index is 11.4. The van der Waals surface area contributed by atoms with Gasteiger partial charge in [-0.15, -0.1) is 0 Å². The molecular weight excluding hydrogens is 230 g/mol. The molecule has 2 unspecified atom stereocenters. The Balaban J connectivity index is 2.48. The number of hydrogen-bond donors (Lipinski definition) is 2. The Labute approximate surface area is 110 Å². The number of rotatable bonds is 6. The average molecular weight is 257 g/mol. The quantitative estimate of drug-likeness (QED) is 0.720. The Morgan fingerprint density at radius 3 is 2.89 bits per heavy atom. The van der Waals surface area contributed by atoms with E-state index in [1.54, 1.807) is 7.05 Å². The second kappa shape index (κ2) is 7.07. The van der Waals surface area contributed by atoms with Crippen LogP contribution in [0.25, 0.3) is 0 Å². The third-order valence-corrected chi connectivity index (χ3v) is 3.91. The number of carbonyl (C=O) groups is 1. The maximum Gasteiger partial charge on any atom is 0.237 e. The number of likely N-dealkylation sites (N-methyl/N-ethyl adjacent to an activating group) is 1. The summed E-state index contributed by atoms with van der Waals surface area (Å²) in [6, 6.07) is 0. The maximum atomic E-state index is 11.4. The Morgan fingerprint density at radius 1 is 1.61 bits per heavy atom. The van der Waals surface area contributed by atoms with E-state index in [-0.39, 0.29) is 5.91 Å². The van der Waals surface area contributed by atoms with Crippen LogP contribution in [0.5, 0.6) is 0 Å². The summed E-state index contributed by atoms with van der Waals surface area (Å²) in [6.45, 7) is 7.72. The third kappa shape index (κ3) is 4.23. The molecule has 18 heavy (non-hydrogen) atoms. The van der Waals surface area contributed by atoms with Gasteiger partial charge in [0, 0.05) is 26.2 Å². The van der Waals surface area contributed by atoms with Gasteiger partial charge in [-0.1, -0.05) is 6.92 Å². The number of nitrogens with two attached hydrogens (primary N) is 1. The van der Waals surface area contributed by atoms with Crippen molar-refractivity contribution in [2.24, 2.45) is 5.73 Å². The standard InChI is InChI=1S/C13H27N3O2/c1-4-11-10-16(7-5-9-18-11)8-6-13(2,15-3)12(14)17/h11,15H,4-10H2,1-3H3,(H2,14,17). The first kappa shape index (κ1) is 15.4. The van der Waals surface area contributed by atoms with Crippen LogP contribution in [0.15, 0.2) is 0 Å². The summed E-state index contributed by atoms with van der Waals surface area (Å²) in [4.78, 5) is 13.8. The van der Waals surface area contributed by atoms with Crippen LogP contribution in [-0.4, -0.2) is 55.7 Å². The number of nitrogens with zero attached hydrogens (tertiary/aromatic N) is 1. The Bertz CT molecular complexity index is 273. The monoisotopic (exact) mass is 257 g/mol. The normalized spacial score (nSPS) is 25.4. The number of hydrogen-bond acceptors (Lipinski definition) is 4. The highest BCUT2D eigenvalue weighted by molar-refractivity contribution is 5.84. The van der Waals surface area contributed by atoms with Crippen LogP contribution in [0.1, 0.15) is 33.1 Å². The molecule has 5 heteroatoms. The highest BCUT2D eigenvalue weighted by Gasteiger charge is 2.29. The van der Waals surface area contributed by atoms with Gasteiger partial charge >= 0.3 is 0 Å². The zero-order valence-corrected chi connectivity index (χ0v) is 11.9. The lowest BCUT2D eigenvalue weighted by molar-refractivity contribution is -0.124. The molecule has 1 amide bonds. The van der Waals surface area contributed by atoms with Gasteiger partial charge in [0.1, 0.15) is 0 Å². The van der Waals surface area contributed by atoms with Crippen LogP contribution in [0, 0.1) is 0 Å². The molecular formula is C13H27N3O2. The predicted octanol–water partition coefficient (Wildman–Crippen LogP) is 0.341. The van der Waals surface area contributed by atoms with E-state index in [9.17, 15) is 4.79 Å². The van der Waals surface area contributed by atoms with Crippen molar-refractivity contribution in [2.45, 2.75) is 44.8 Å². The number of ether oxygens (including phenoxy) is 1. The Morgan fingerprint density at radius 2 is 2.33 bits per heavy atom. The van der Waals surface area contributed by atoms with Gasteiger partial charge in [0.05, 0.1) is 11.6 Å². The van der Waals surface area contributed by atoms with Gasteiger partial charge in [0.2, 0.25) is 5.91 Å². The highest BCUT2D eigenvalue weighted by Crippen LogP contribution is 2.13. The van der Waals surface area contributed by atoms with Gasteiger partial charge < -0.3 is 20.7 Å². The summed E-state index contributed by atoms with van der Waals surface area (Å²) < 4.78 is 5.74. The van der Waals surface area contributed by atoms with Crippen molar-refractivity contribution >= 4 is 5.91 Å². The van der Waals surface area contributed by atoms with Crippen molar-refractivity contribution in [3.05, 3.63) is 0 Å². The van der Waals surface area contributed by atoms with E-state index in [1.807, 2.05) is 6.92 Å². The number of primary amides is 1. The number of carbonyl (C=O) groups excluding carboxylic acids is 1. The molecule has 0 aromatic rings. The van der Waals surface area contributed by atoms with Crippen LogP contribution >= 0.6 is 0 Å². The first-order chi connectivity index (χ1) is 8.51. The molecule has 106 valence electrons. The Hall–Kier alpha value is -0.650. The summed E-state index contributed by atoms with van der Waals surface area (Å²) in [7, 11) is 1.78. The second-order valence-electron chi connectivity index (χ2n) is 5.25. The van der Waals surface area contributed by atoms with Gasteiger partial charge in [0.25, 0.3) is 0 Å². The lowest BCUT2D eigenvalue weighted by Crippen LogP contribution is -2.53. The molecule has 0 radical (unpaired) electrons. The van der Waals surface area contributed by atoms with E-state index in [4.69, 9.17) is 10.5 Å². The Kier molecular flexibility index (Phi) is 6.05. The molecule has 1 heterocycles. The number of nitrogens with one attached hydrogen (secondary N) is 1. The summed E-state index contributed by atoms with van der Waals surface area (Å²) in [5.41, 5.74) is 4.82. The summed E-state index contributed by atoms with van der Waals surface area (Å²) in [5, 5.41) is 3.03. The molecule has 2 atom stereocenters. The van der Waals surface area contributed by atoms with Crippen LogP contribution in [0.3, 0.4) is 0 Å². The van der Waals surface area contributed by atoms with Gasteiger partial charge in [-0.05, 0) is 33.2 Å². The topological polar surface area (TPSA) is 67.6 Å². The fraction of sp³-hybridized carbons (Fsp3) is 0.923. The summed E-state index contributed by atoms with van der Waals surface area (Å²) in [5.74, 6) is -0.289. The molecule has 1 rings (SSSR count). The highest BCUT2D eigenvalue weighted by atomic mass is 16.5. The molecule has 1 saturated heterocycles. The molecule has 1 aliphatic heterocycles. The average Bonchev–Trinajstić information content (AvgIpc) is 2.60.